The minimum Gasteiger partial charge on any atom is -0.464 e. The largest absolute Gasteiger partial charge is 0.464 e. The monoisotopic (exact) mass is 176 g/mol. The van der Waals surface area contributed by atoms with E-state index in [1.807, 2.05) is 22.7 Å². The third kappa shape index (κ3) is 1.26. The van der Waals surface area contributed by atoms with Gasteiger partial charge in [-0.2, -0.15) is 0 Å². The molecule has 0 amide bonds. The molecule has 2 aromatic heterocycles. The summed E-state index contributed by atoms with van der Waals surface area (Å²) in [6.45, 7) is 0. The van der Waals surface area contributed by atoms with Crippen molar-refractivity contribution in [3.05, 3.63) is 36.3 Å². The number of esters is 1. The topological polar surface area (TPSA) is 43.6 Å². The highest BCUT2D eigenvalue weighted by Gasteiger charge is 2.06. The molecular weight excluding hydrogens is 168 g/mol. The van der Waals surface area contributed by atoms with Crippen LogP contribution in [-0.4, -0.2) is 22.5 Å². The van der Waals surface area contributed by atoms with Gasteiger partial charge >= 0.3 is 5.97 Å². The van der Waals surface area contributed by atoms with Crippen molar-refractivity contribution in [3.63, 3.8) is 0 Å². The van der Waals surface area contributed by atoms with Crippen LogP contribution in [0.3, 0.4) is 0 Å². The Morgan fingerprint density at radius 2 is 2.31 bits per heavy atom. The molecule has 4 nitrogen and oxygen atoms in total. The van der Waals surface area contributed by atoms with Gasteiger partial charge in [0.05, 0.1) is 7.11 Å². The van der Waals surface area contributed by atoms with Crippen LogP contribution in [0.15, 0.2) is 30.6 Å². The van der Waals surface area contributed by atoms with Crippen LogP contribution < -0.4 is 0 Å². The molecule has 66 valence electrons. The minimum absolute atomic E-state index is 0.328. The van der Waals surface area contributed by atoms with Gasteiger partial charge in [-0.1, -0.05) is 0 Å². The summed E-state index contributed by atoms with van der Waals surface area (Å²) in [7, 11) is 1.34. The zero-order chi connectivity index (χ0) is 9.26. The van der Waals surface area contributed by atoms with Crippen LogP contribution in [0.2, 0.25) is 0 Å². The summed E-state index contributed by atoms with van der Waals surface area (Å²) < 4.78 is 6.38. The average Bonchev–Trinajstić information content (AvgIpc) is 2.63. The highest BCUT2D eigenvalue weighted by Crippen LogP contribution is 2.03. The van der Waals surface area contributed by atoms with Crippen molar-refractivity contribution >= 4 is 11.6 Å². The molecule has 2 aromatic rings. The quantitative estimate of drug-likeness (QED) is 0.611. The molecule has 4 heteroatoms. The third-order valence-electron chi connectivity index (χ3n) is 1.78. The highest BCUT2D eigenvalue weighted by molar-refractivity contribution is 5.87. The summed E-state index contributed by atoms with van der Waals surface area (Å²) in [5.41, 5.74) is 1.07. The van der Waals surface area contributed by atoms with Gasteiger partial charge in [-0.3, -0.25) is 0 Å². The van der Waals surface area contributed by atoms with Crippen LogP contribution in [0.1, 0.15) is 10.5 Å². The van der Waals surface area contributed by atoms with Crippen molar-refractivity contribution in [3.8, 4) is 0 Å². The van der Waals surface area contributed by atoms with Crippen molar-refractivity contribution in [1.29, 1.82) is 0 Å². The van der Waals surface area contributed by atoms with E-state index in [0.29, 0.717) is 5.69 Å². The summed E-state index contributed by atoms with van der Waals surface area (Å²) in [6, 6.07) is 5.31. The fourth-order valence-corrected chi connectivity index (χ4v) is 1.14. The van der Waals surface area contributed by atoms with Crippen molar-refractivity contribution in [2.45, 2.75) is 0 Å². The second kappa shape index (κ2) is 2.90. The first-order valence-electron chi connectivity index (χ1n) is 3.83. The number of nitrogens with zero attached hydrogens (tertiary/aromatic N) is 2. The first-order chi connectivity index (χ1) is 6.31. The lowest BCUT2D eigenvalue weighted by molar-refractivity contribution is 0.0594. The van der Waals surface area contributed by atoms with E-state index in [-0.39, 0.29) is 0 Å². The number of aromatic nitrogens is 2. The second-order valence-electron chi connectivity index (χ2n) is 2.58. The van der Waals surface area contributed by atoms with Crippen LogP contribution in [0.5, 0.6) is 0 Å². The van der Waals surface area contributed by atoms with E-state index in [1.54, 1.807) is 12.3 Å². The molecule has 13 heavy (non-hydrogen) atoms. The Labute approximate surface area is 74.8 Å². The van der Waals surface area contributed by atoms with Crippen molar-refractivity contribution in [2.24, 2.45) is 0 Å². The summed E-state index contributed by atoms with van der Waals surface area (Å²) >= 11 is 0. The van der Waals surface area contributed by atoms with Crippen molar-refractivity contribution in [2.75, 3.05) is 7.11 Å². The fourth-order valence-electron chi connectivity index (χ4n) is 1.14. The Balaban J connectivity index is 2.54. The number of carbonyl (C=O) groups excluding carboxylic acids is 1. The van der Waals surface area contributed by atoms with Gasteiger partial charge in [-0.05, 0) is 18.2 Å². The molecule has 0 aromatic carbocycles. The highest BCUT2D eigenvalue weighted by atomic mass is 16.5. The van der Waals surface area contributed by atoms with Gasteiger partial charge in [0.25, 0.3) is 0 Å². The van der Waals surface area contributed by atoms with Gasteiger partial charge in [-0.15, -0.1) is 0 Å². The fraction of sp³-hybridized carbons (Fsp3) is 0.111. The smallest absolute Gasteiger partial charge is 0.356 e. The van der Waals surface area contributed by atoms with E-state index < -0.39 is 5.97 Å². The number of fused-ring (bicyclic) bond motifs is 1. The Bertz CT molecular complexity index is 448. The molecule has 0 aliphatic rings. The molecule has 2 rings (SSSR count). The molecule has 0 bridgehead atoms. The molecule has 0 N–H and O–H groups in total. The summed E-state index contributed by atoms with van der Waals surface area (Å²) in [5.74, 6) is -0.413. The van der Waals surface area contributed by atoms with Gasteiger partial charge in [0.15, 0.2) is 5.69 Å². The molecule has 0 atom stereocenters. The standard InChI is InChI=1S/C9H8N2O2/c1-13-9(12)7-4-6-11-5-2-3-8(11)10-7/h2-6H,1H3. The van der Waals surface area contributed by atoms with Gasteiger partial charge < -0.3 is 9.14 Å². The van der Waals surface area contributed by atoms with Crippen LogP contribution in [0.4, 0.5) is 0 Å². The molecule has 0 spiro atoms. The number of rotatable bonds is 1. The van der Waals surface area contributed by atoms with Crippen molar-refractivity contribution in [1.82, 2.24) is 9.38 Å². The van der Waals surface area contributed by atoms with E-state index in [0.717, 1.165) is 5.65 Å². The summed E-state index contributed by atoms with van der Waals surface area (Å²) in [4.78, 5) is 15.2. The molecule has 0 aliphatic carbocycles. The molecule has 0 radical (unpaired) electrons. The summed E-state index contributed by atoms with van der Waals surface area (Å²) in [5, 5.41) is 0. The van der Waals surface area contributed by atoms with E-state index in [9.17, 15) is 4.79 Å². The molecule has 0 saturated carbocycles. The van der Waals surface area contributed by atoms with Gasteiger partial charge in [0.2, 0.25) is 0 Å². The number of ether oxygens (including phenoxy) is 1. The maximum absolute atomic E-state index is 11.1. The average molecular weight is 176 g/mol. The Kier molecular flexibility index (Phi) is 1.73. The first-order valence-corrected chi connectivity index (χ1v) is 3.83. The second-order valence-corrected chi connectivity index (χ2v) is 2.58. The third-order valence-corrected chi connectivity index (χ3v) is 1.78. The first kappa shape index (κ1) is 7.79. The van der Waals surface area contributed by atoms with Crippen LogP contribution in [0.25, 0.3) is 5.65 Å². The number of hydrogen-bond acceptors (Lipinski definition) is 3. The van der Waals surface area contributed by atoms with Gasteiger partial charge in [-0.25, -0.2) is 9.78 Å². The number of hydrogen-bond donors (Lipinski definition) is 0. The lowest BCUT2D eigenvalue weighted by atomic mass is 10.4. The zero-order valence-electron chi connectivity index (χ0n) is 7.10. The van der Waals surface area contributed by atoms with Crippen molar-refractivity contribution < 1.29 is 9.53 Å². The molecular formula is C9H8N2O2. The molecule has 0 saturated heterocycles. The Morgan fingerprint density at radius 1 is 1.46 bits per heavy atom. The maximum Gasteiger partial charge on any atom is 0.356 e. The van der Waals surface area contributed by atoms with E-state index in [2.05, 4.69) is 9.72 Å². The number of carbonyl (C=O) groups is 1. The minimum atomic E-state index is -0.413. The Morgan fingerprint density at radius 3 is 3.08 bits per heavy atom. The van der Waals surface area contributed by atoms with E-state index in [1.165, 1.54) is 7.11 Å². The van der Waals surface area contributed by atoms with E-state index >= 15 is 0 Å². The van der Waals surface area contributed by atoms with Gasteiger partial charge in [0, 0.05) is 12.4 Å². The van der Waals surface area contributed by atoms with Crippen LogP contribution in [-0.2, 0) is 4.74 Å². The molecule has 2 heterocycles. The van der Waals surface area contributed by atoms with E-state index in [4.69, 9.17) is 0 Å². The summed E-state index contributed by atoms with van der Waals surface area (Å²) in [6.07, 6.45) is 3.64. The molecule has 0 unspecified atom stereocenters. The van der Waals surface area contributed by atoms with Gasteiger partial charge in [0.1, 0.15) is 5.65 Å². The number of methoxy groups -OCH3 is 1. The lowest BCUT2D eigenvalue weighted by Crippen LogP contribution is -2.04. The van der Waals surface area contributed by atoms with Crippen LogP contribution >= 0.6 is 0 Å². The lowest BCUT2D eigenvalue weighted by Gasteiger charge is -1.98. The zero-order valence-corrected chi connectivity index (χ0v) is 7.10. The molecule has 0 fully saturated rings. The SMILES string of the molecule is COC(=O)c1ccn2cccc2n1. The normalized spacial score (nSPS) is 10.2. The Hall–Kier alpha value is -1.84. The molecule has 0 aliphatic heterocycles. The van der Waals surface area contributed by atoms with Crippen LogP contribution in [0, 0.1) is 0 Å². The predicted molar refractivity (Wildman–Crippen MR) is 46.5 cm³/mol. The maximum atomic E-state index is 11.1. The predicted octanol–water partition coefficient (Wildman–Crippen LogP) is 1.12.